The minimum Gasteiger partial charge on any atom is -0.463 e. The monoisotopic (exact) mass is 355 g/mol. The van der Waals surface area contributed by atoms with Crippen molar-refractivity contribution in [3.05, 3.63) is 77.6 Å². The van der Waals surface area contributed by atoms with E-state index in [2.05, 4.69) is 5.32 Å². The van der Waals surface area contributed by atoms with E-state index in [-0.39, 0.29) is 30.2 Å². The standard InChI is InChI=1S/C21H22FNO3/c1-15(2)26-21(25)14-19(17-8-4-3-5-9-17)23-20(24)12-11-16-7-6-10-18(22)13-16/h3-13,15,19H,14H2,1-2H3,(H,23,24)/b12-11+. The van der Waals surface area contributed by atoms with Gasteiger partial charge in [-0.05, 0) is 43.2 Å². The van der Waals surface area contributed by atoms with Crippen LogP contribution in [0, 0.1) is 5.82 Å². The van der Waals surface area contributed by atoms with Gasteiger partial charge >= 0.3 is 5.97 Å². The van der Waals surface area contributed by atoms with Crippen LogP contribution in [0.5, 0.6) is 0 Å². The summed E-state index contributed by atoms with van der Waals surface area (Å²) in [4.78, 5) is 24.2. The number of carbonyl (C=O) groups is 2. The number of esters is 1. The number of amides is 1. The Bertz CT molecular complexity index is 772. The van der Waals surface area contributed by atoms with Gasteiger partial charge in [-0.3, -0.25) is 9.59 Å². The summed E-state index contributed by atoms with van der Waals surface area (Å²) in [5.74, 6) is -1.13. The van der Waals surface area contributed by atoms with E-state index in [1.165, 1.54) is 24.3 Å². The zero-order chi connectivity index (χ0) is 18.9. The van der Waals surface area contributed by atoms with Crippen LogP contribution >= 0.6 is 0 Å². The van der Waals surface area contributed by atoms with Crippen molar-refractivity contribution in [1.29, 1.82) is 0 Å². The first-order chi connectivity index (χ1) is 12.4. The molecule has 1 unspecified atom stereocenters. The van der Waals surface area contributed by atoms with Gasteiger partial charge in [0.1, 0.15) is 5.82 Å². The van der Waals surface area contributed by atoms with Crippen molar-refractivity contribution >= 4 is 18.0 Å². The second-order valence-corrected chi connectivity index (χ2v) is 6.10. The first-order valence-electron chi connectivity index (χ1n) is 8.42. The molecule has 5 heteroatoms. The molecule has 0 heterocycles. The summed E-state index contributed by atoms with van der Waals surface area (Å²) in [6.45, 7) is 3.55. The van der Waals surface area contributed by atoms with Gasteiger partial charge in [0.25, 0.3) is 0 Å². The lowest BCUT2D eigenvalue weighted by molar-refractivity contribution is -0.148. The predicted octanol–water partition coefficient (Wildman–Crippen LogP) is 4.04. The number of ether oxygens (including phenoxy) is 1. The van der Waals surface area contributed by atoms with Crippen molar-refractivity contribution < 1.29 is 18.7 Å². The molecule has 0 aliphatic rings. The van der Waals surface area contributed by atoms with Gasteiger partial charge in [-0.25, -0.2) is 4.39 Å². The summed E-state index contributed by atoms with van der Waals surface area (Å²) in [6.07, 6.45) is 2.65. The Morgan fingerprint density at radius 2 is 1.85 bits per heavy atom. The van der Waals surface area contributed by atoms with Crippen molar-refractivity contribution in [1.82, 2.24) is 5.32 Å². The Kier molecular flexibility index (Phi) is 7.09. The van der Waals surface area contributed by atoms with E-state index in [1.807, 2.05) is 30.3 Å². The SMILES string of the molecule is CC(C)OC(=O)CC(NC(=O)/C=C/c1cccc(F)c1)c1ccccc1. The van der Waals surface area contributed by atoms with Crippen LogP contribution in [0.15, 0.2) is 60.7 Å². The lowest BCUT2D eigenvalue weighted by Crippen LogP contribution is -2.29. The highest BCUT2D eigenvalue weighted by Crippen LogP contribution is 2.18. The van der Waals surface area contributed by atoms with Crippen LogP contribution < -0.4 is 5.32 Å². The van der Waals surface area contributed by atoms with Gasteiger partial charge in [0.2, 0.25) is 5.91 Å². The van der Waals surface area contributed by atoms with Gasteiger partial charge in [0.15, 0.2) is 0 Å². The molecule has 0 spiro atoms. The normalized spacial score (nSPS) is 12.2. The molecule has 136 valence electrons. The maximum atomic E-state index is 13.2. The third-order valence-corrected chi connectivity index (χ3v) is 3.53. The van der Waals surface area contributed by atoms with E-state index in [4.69, 9.17) is 4.74 Å². The van der Waals surface area contributed by atoms with Gasteiger partial charge in [-0.15, -0.1) is 0 Å². The third kappa shape index (κ3) is 6.51. The summed E-state index contributed by atoms with van der Waals surface area (Å²) in [6, 6.07) is 14.6. The predicted molar refractivity (Wildman–Crippen MR) is 98.6 cm³/mol. The molecule has 0 saturated heterocycles. The summed E-state index contributed by atoms with van der Waals surface area (Å²) in [5, 5.41) is 2.80. The van der Waals surface area contributed by atoms with Crippen molar-refractivity contribution in [3.63, 3.8) is 0 Å². The maximum Gasteiger partial charge on any atom is 0.308 e. The molecule has 0 aliphatic carbocycles. The van der Waals surface area contributed by atoms with E-state index in [0.717, 1.165) is 5.56 Å². The van der Waals surface area contributed by atoms with Crippen molar-refractivity contribution in [2.45, 2.75) is 32.4 Å². The minimum atomic E-state index is -0.507. The molecule has 4 nitrogen and oxygen atoms in total. The Hall–Kier alpha value is -2.95. The van der Waals surface area contributed by atoms with E-state index < -0.39 is 6.04 Å². The number of hydrogen-bond donors (Lipinski definition) is 1. The van der Waals surface area contributed by atoms with Crippen LogP contribution in [0.2, 0.25) is 0 Å². The molecule has 1 N–H and O–H groups in total. The number of carbonyl (C=O) groups excluding carboxylic acids is 2. The lowest BCUT2D eigenvalue weighted by atomic mass is 10.0. The number of rotatable bonds is 7. The number of hydrogen-bond acceptors (Lipinski definition) is 3. The molecule has 0 aliphatic heterocycles. The highest BCUT2D eigenvalue weighted by Gasteiger charge is 2.19. The van der Waals surface area contributed by atoms with Crippen LogP contribution in [-0.2, 0) is 14.3 Å². The van der Waals surface area contributed by atoms with E-state index in [1.54, 1.807) is 26.0 Å². The minimum absolute atomic E-state index is 0.0295. The summed E-state index contributed by atoms with van der Waals surface area (Å²) in [7, 11) is 0. The fourth-order valence-electron chi connectivity index (χ4n) is 2.42. The van der Waals surface area contributed by atoms with Crippen LogP contribution in [-0.4, -0.2) is 18.0 Å². The van der Waals surface area contributed by atoms with E-state index >= 15 is 0 Å². The summed E-state index contributed by atoms with van der Waals surface area (Å²) < 4.78 is 18.4. The summed E-state index contributed by atoms with van der Waals surface area (Å²) in [5.41, 5.74) is 1.39. The van der Waals surface area contributed by atoms with Crippen LogP contribution in [0.4, 0.5) is 4.39 Å². The zero-order valence-corrected chi connectivity index (χ0v) is 14.8. The molecular weight excluding hydrogens is 333 g/mol. The summed E-state index contributed by atoms with van der Waals surface area (Å²) >= 11 is 0. The highest BCUT2D eigenvalue weighted by atomic mass is 19.1. The van der Waals surface area contributed by atoms with E-state index in [9.17, 15) is 14.0 Å². The Morgan fingerprint density at radius 1 is 1.12 bits per heavy atom. The molecule has 0 fully saturated rings. The lowest BCUT2D eigenvalue weighted by Gasteiger charge is -2.18. The molecule has 2 rings (SSSR count). The third-order valence-electron chi connectivity index (χ3n) is 3.53. The van der Waals surface area contributed by atoms with Gasteiger partial charge in [-0.1, -0.05) is 42.5 Å². The second kappa shape index (κ2) is 9.51. The van der Waals surface area contributed by atoms with Gasteiger partial charge in [0.05, 0.1) is 18.6 Å². The Labute approximate surface area is 152 Å². The average molecular weight is 355 g/mol. The molecule has 0 radical (unpaired) electrons. The van der Waals surface area contributed by atoms with Crippen molar-refractivity contribution in [3.8, 4) is 0 Å². The Morgan fingerprint density at radius 3 is 2.50 bits per heavy atom. The molecule has 2 aromatic rings. The maximum absolute atomic E-state index is 13.2. The molecular formula is C21H22FNO3. The van der Waals surface area contributed by atoms with Gasteiger partial charge in [-0.2, -0.15) is 0 Å². The second-order valence-electron chi connectivity index (χ2n) is 6.10. The van der Waals surface area contributed by atoms with Crippen molar-refractivity contribution in [2.24, 2.45) is 0 Å². The molecule has 2 aromatic carbocycles. The van der Waals surface area contributed by atoms with Crippen LogP contribution in [0.3, 0.4) is 0 Å². The average Bonchev–Trinajstić information content (AvgIpc) is 2.59. The molecule has 0 saturated carbocycles. The largest absolute Gasteiger partial charge is 0.463 e. The fourth-order valence-corrected chi connectivity index (χ4v) is 2.42. The molecule has 26 heavy (non-hydrogen) atoms. The molecule has 0 bridgehead atoms. The molecule has 1 atom stereocenters. The number of benzene rings is 2. The van der Waals surface area contributed by atoms with Gasteiger partial charge < -0.3 is 10.1 Å². The quantitative estimate of drug-likeness (QED) is 0.602. The van der Waals surface area contributed by atoms with Gasteiger partial charge in [0, 0.05) is 6.08 Å². The smallest absolute Gasteiger partial charge is 0.308 e. The Balaban J connectivity index is 2.07. The molecule has 0 aromatic heterocycles. The zero-order valence-electron chi connectivity index (χ0n) is 14.8. The number of nitrogens with one attached hydrogen (secondary N) is 1. The van der Waals surface area contributed by atoms with Crippen molar-refractivity contribution in [2.75, 3.05) is 0 Å². The highest BCUT2D eigenvalue weighted by molar-refractivity contribution is 5.92. The van der Waals surface area contributed by atoms with Crippen LogP contribution in [0.1, 0.15) is 37.4 Å². The molecule has 1 amide bonds. The van der Waals surface area contributed by atoms with Crippen LogP contribution in [0.25, 0.3) is 6.08 Å². The first-order valence-corrected chi connectivity index (χ1v) is 8.42. The van der Waals surface area contributed by atoms with E-state index in [0.29, 0.717) is 5.56 Å². The fraction of sp³-hybridized carbons (Fsp3) is 0.238. The first kappa shape index (κ1) is 19.4. The number of halogens is 1. The topological polar surface area (TPSA) is 55.4 Å².